The highest BCUT2D eigenvalue weighted by atomic mass is 79.9. The molecule has 0 amide bonds. The molecule has 0 radical (unpaired) electrons. The SMILES string of the molecule is Cc1nnn2c1-c1ccc(Br)cc1C(NC1=CC=C(Cl)CC1)CC2. The van der Waals surface area contributed by atoms with E-state index in [0.29, 0.717) is 0 Å². The predicted octanol–water partition coefficient (Wildman–Crippen LogP) is 4.85. The van der Waals surface area contributed by atoms with E-state index in [2.05, 4.69) is 55.8 Å². The lowest BCUT2D eigenvalue weighted by molar-refractivity contribution is 0.475. The van der Waals surface area contributed by atoms with Crippen molar-refractivity contribution in [3.8, 4) is 11.3 Å². The lowest BCUT2D eigenvalue weighted by Gasteiger charge is -2.23. The number of hydrogen-bond donors (Lipinski definition) is 1. The van der Waals surface area contributed by atoms with E-state index in [-0.39, 0.29) is 6.04 Å². The van der Waals surface area contributed by atoms with Crippen molar-refractivity contribution in [1.82, 2.24) is 20.3 Å². The van der Waals surface area contributed by atoms with Crippen LogP contribution in [0.3, 0.4) is 0 Å². The minimum atomic E-state index is 0.245. The highest BCUT2D eigenvalue weighted by molar-refractivity contribution is 9.10. The van der Waals surface area contributed by atoms with Gasteiger partial charge in [-0.3, -0.25) is 0 Å². The molecule has 1 aliphatic carbocycles. The lowest BCUT2D eigenvalue weighted by Crippen LogP contribution is -2.22. The third kappa shape index (κ3) is 2.91. The normalized spacial score (nSPS) is 19.7. The first kappa shape index (κ1) is 15.9. The van der Waals surface area contributed by atoms with Gasteiger partial charge in [0, 0.05) is 27.3 Å². The second-order valence-corrected chi connectivity index (χ2v) is 7.67. The maximum atomic E-state index is 6.08. The summed E-state index contributed by atoms with van der Waals surface area (Å²) in [6.07, 6.45) is 6.92. The van der Waals surface area contributed by atoms with E-state index in [1.165, 1.54) is 16.8 Å². The molecule has 1 aromatic carbocycles. The second-order valence-electron chi connectivity index (χ2n) is 6.27. The molecule has 1 aliphatic heterocycles. The number of nitrogens with one attached hydrogen (secondary N) is 1. The highest BCUT2D eigenvalue weighted by Gasteiger charge is 2.25. The first-order valence-electron chi connectivity index (χ1n) is 8.13. The zero-order valence-electron chi connectivity index (χ0n) is 13.4. The van der Waals surface area contributed by atoms with Gasteiger partial charge >= 0.3 is 0 Å². The minimum Gasteiger partial charge on any atom is -0.381 e. The molecule has 6 heteroatoms. The average Bonchev–Trinajstić information content (AvgIpc) is 2.86. The van der Waals surface area contributed by atoms with Crippen LogP contribution in [0.25, 0.3) is 11.3 Å². The smallest absolute Gasteiger partial charge is 0.0918 e. The molecule has 1 aromatic heterocycles. The second kappa shape index (κ2) is 6.37. The number of aryl methyl sites for hydroxylation is 2. The van der Waals surface area contributed by atoms with E-state index in [1.54, 1.807) is 0 Å². The van der Waals surface area contributed by atoms with E-state index in [9.17, 15) is 0 Å². The monoisotopic (exact) mass is 404 g/mol. The molecule has 1 atom stereocenters. The standard InChI is InChI=1S/C18H18BrClN4/c1-11-18-15-7-2-12(19)10-16(15)17(8-9-24(18)23-22-11)21-14-5-3-13(20)4-6-14/h2-3,5,7,10,17,21H,4,6,8-9H2,1H3. The minimum absolute atomic E-state index is 0.245. The van der Waals surface area contributed by atoms with Gasteiger partial charge in [0.05, 0.1) is 17.4 Å². The summed E-state index contributed by atoms with van der Waals surface area (Å²) in [7, 11) is 0. The predicted molar refractivity (Wildman–Crippen MR) is 99.6 cm³/mol. The summed E-state index contributed by atoms with van der Waals surface area (Å²) in [4.78, 5) is 0. The number of halogens is 2. The van der Waals surface area contributed by atoms with Crippen LogP contribution in [-0.4, -0.2) is 15.0 Å². The van der Waals surface area contributed by atoms with Crippen LogP contribution in [0, 0.1) is 6.92 Å². The zero-order valence-corrected chi connectivity index (χ0v) is 15.7. The molecule has 124 valence electrons. The quantitative estimate of drug-likeness (QED) is 0.776. The van der Waals surface area contributed by atoms with Gasteiger partial charge in [-0.2, -0.15) is 0 Å². The van der Waals surface area contributed by atoms with E-state index >= 15 is 0 Å². The first-order valence-corrected chi connectivity index (χ1v) is 9.30. The van der Waals surface area contributed by atoms with E-state index in [0.717, 1.165) is 46.7 Å². The van der Waals surface area contributed by atoms with Gasteiger partial charge < -0.3 is 5.32 Å². The van der Waals surface area contributed by atoms with Crippen molar-refractivity contribution in [2.24, 2.45) is 0 Å². The lowest BCUT2D eigenvalue weighted by atomic mass is 9.96. The Hall–Kier alpha value is -1.59. The summed E-state index contributed by atoms with van der Waals surface area (Å²) in [6, 6.07) is 6.70. The Morgan fingerprint density at radius 1 is 1.29 bits per heavy atom. The Labute approximate surface area is 154 Å². The number of benzene rings is 1. The molecule has 0 fully saturated rings. The molecule has 0 bridgehead atoms. The molecule has 4 nitrogen and oxygen atoms in total. The van der Waals surface area contributed by atoms with Crippen molar-refractivity contribution in [3.05, 3.63) is 56.8 Å². The molecule has 2 heterocycles. The van der Waals surface area contributed by atoms with Crippen LogP contribution in [0.1, 0.15) is 36.6 Å². The molecule has 1 N–H and O–H groups in total. The molecular formula is C18H18BrClN4. The van der Waals surface area contributed by atoms with Gasteiger partial charge in [0.25, 0.3) is 0 Å². The fraction of sp³-hybridized carbons (Fsp3) is 0.333. The summed E-state index contributed by atoms with van der Waals surface area (Å²) in [5.74, 6) is 0. The van der Waals surface area contributed by atoms with Gasteiger partial charge in [0.1, 0.15) is 0 Å². The average molecular weight is 406 g/mol. The Balaban J connectivity index is 1.75. The molecule has 0 spiro atoms. The van der Waals surface area contributed by atoms with Crippen molar-refractivity contribution in [2.75, 3.05) is 0 Å². The maximum Gasteiger partial charge on any atom is 0.0918 e. The van der Waals surface area contributed by atoms with Gasteiger partial charge in [-0.05, 0) is 56.0 Å². The van der Waals surface area contributed by atoms with Crippen molar-refractivity contribution in [2.45, 2.75) is 38.8 Å². The molecule has 0 saturated carbocycles. The molecule has 2 aromatic rings. The molecule has 4 rings (SSSR count). The number of fused-ring (bicyclic) bond motifs is 3. The van der Waals surface area contributed by atoms with Crippen LogP contribution in [0.15, 0.2) is 45.6 Å². The van der Waals surface area contributed by atoms with Crippen molar-refractivity contribution in [3.63, 3.8) is 0 Å². The number of nitrogens with zero attached hydrogens (tertiary/aromatic N) is 3. The van der Waals surface area contributed by atoms with Crippen molar-refractivity contribution in [1.29, 1.82) is 0 Å². The summed E-state index contributed by atoms with van der Waals surface area (Å²) in [5, 5.41) is 13.2. The van der Waals surface area contributed by atoms with Crippen LogP contribution < -0.4 is 5.32 Å². The van der Waals surface area contributed by atoms with Crippen LogP contribution in [0.5, 0.6) is 0 Å². The molecule has 2 aliphatic rings. The third-order valence-corrected chi connectivity index (χ3v) is 5.44. The van der Waals surface area contributed by atoms with Crippen LogP contribution in [-0.2, 0) is 6.54 Å². The molecule has 0 saturated heterocycles. The number of allylic oxidation sites excluding steroid dienone is 4. The Morgan fingerprint density at radius 3 is 2.96 bits per heavy atom. The summed E-state index contributed by atoms with van der Waals surface area (Å²) in [5.41, 5.74) is 5.84. The van der Waals surface area contributed by atoms with Crippen LogP contribution >= 0.6 is 27.5 Å². The molecule has 1 unspecified atom stereocenters. The van der Waals surface area contributed by atoms with Crippen molar-refractivity contribution >= 4 is 27.5 Å². The van der Waals surface area contributed by atoms with E-state index in [1.807, 2.05) is 17.7 Å². The van der Waals surface area contributed by atoms with E-state index in [4.69, 9.17) is 11.6 Å². The highest BCUT2D eigenvalue weighted by Crippen LogP contribution is 2.37. The molecular weight excluding hydrogens is 388 g/mol. The third-order valence-electron chi connectivity index (χ3n) is 4.64. The van der Waals surface area contributed by atoms with Gasteiger partial charge in [-0.25, -0.2) is 4.68 Å². The molecule has 24 heavy (non-hydrogen) atoms. The number of hydrogen-bond acceptors (Lipinski definition) is 3. The van der Waals surface area contributed by atoms with Gasteiger partial charge in [0.15, 0.2) is 0 Å². The number of aromatic nitrogens is 3. The summed E-state index contributed by atoms with van der Waals surface area (Å²) in [6.45, 7) is 2.87. The topological polar surface area (TPSA) is 42.7 Å². The Kier molecular flexibility index (Phi) is 4.22. The fourth-order valence-electron chi connectivity index (χ4n) is 3.44. The number of rotatable bonds is 2. The summed E-state index contributed by atoms with van der Waals surface area (Å²) >= 11 is 9.70. The van der Waals surface area contributed by atoms with Crippen molar-refractivity contribution < 1.29 is 0 Å². The Bertz CT molecular complexity index is 853. The van der Waals surface area contributed by atoms with E-state index < -0.39 is 0 Å². The van der Waals surface area contributed by atoms with Gasteiger partial charge in [-0.1, -0.05) is 38.8 Å². The van der Waals surface area contributed by atoms with Crippen LogP contribution in [0.2, 0.25) is 0 Å². The maximum absolute atomic E-state index is 6.08. The van der Waals surface area contributed by atoms with Gasteiger partial charge in [0.2, 0.25) is 0 Å². The first-order chi connectivity index (χ1) is 11.6. The van der Waals surface area contributed by atoms with Gasteiger partial charge in [-0.15, -0.1) is 5.10 Å². The summed E-state index contributed by atoms with van der Waals surface area (Å²) < 4.78 is 3.11. The largest absolute Gasteiger partial charge is 0.381 e. The van der Waals surface area contributed by atoms with Crippen LogP contribution in [0.4, 0.5) is 0 Å². The zero-order chi connectivity index (χ0) is 16.7. The Morgan fingerprint density at radius 2 is 2.17 bits per heavy atom. The fourth-order valence-corrected chi connectivity index (χ4v) is 3.98.